The van der Waals surface area contributed by atoms with E-state index in [9.17, 15) is 22.4 Å². The number of piperazine rings is 1. The first-order valence-corrected chi connectivity index (χ1v) is 11.2. The number of anilines is 1. The summed E-state index contributed by atoms with van der Waals surface area (Å²) in [5.41, 5.74) is 0.480. The molecule has 7 nitrogen and oxygen atoms in total. The van der Waals surface area contributed by atoms with Crippen molar-refractivity contribution in [2.75, 3.05) is 31.1 Å². The minimum absolute atomic E-state index is 0.0116. The molecule has 4 rings (SSSR count). The van der Waals surface area contributed by atoms with E-state index in [4.69, 9.17) is 0 Å². The second kappa shape index (κ2) is 8.06. The fourth-order valence-corrected chi connectivity index (χ4v) is 5.60. The second-order valence-electron chi connectivity index (χ2n) is 7.33. The number of halogens is 1. The smallest absolute Gasteiger partial charge is 0.267 e. The lowest BCUT2D eigenvalue weighted by atomic mass is 10.1. The molecule has 0 bridgehead atoms. The van der Waals surface area contributed by atoms with Crippen molar-refractivity contribution in [3.05, 3.63) is 60.4 Å². The standard InChI is InChI=1S/C21H22FN3O4S/c22-17-8-4-5-9-18(17)23-12-14-24(15-13-23)21(27)19-10-11-20(26)25(19)30(28,29)16-6-2-1-3-7-16/h1-9,19H,10-15H2/t19-/m1/s1. The number of amides is 2. The zero-order valence-corrected chi connectivity index (χ0v) is 17.1. The normalized spacial score (nSPS) is 20.0. The van der Waals surface area contributed by atoms with Gasteiger partial charge < -0.3 is 9.80 Å². The van der Waals surface area contributed by atoms with Gasteiger partial charge in [0.25, 0.3) is 10.0 Å². The van der Waals surface area contributed by atoms with Crippen LogP contribution < -0.4 is 4.90 Å². The van der Waals surface area contributed by atoms with Crippen LogP contribution in [0.2, 0.25) is 0 Å². The van der Waals surface area contributed by atoms with Gasteiger partial charge in [-0.25, -0.2) is 17.1 Å². The van der Waals surface area contributed by atoms with E-state index in [1.54, 1.807) is 41.3 Å². The monoisotopic (exact) mass is 431 g/mol. The van der Waals surface area contributed by atoms with E-state index in [0.717, 1.165) is 4.31 Å². The molecule has 2 aliphatic heterocycles. The van der Waals surface area contributed by atoms with Crippen molar-refractivity contribution in [1.29, 1.82) is 0 Å². The molecule has 0 aromatic heterocycles. The van der Waals surface area contributed by atoms with Crippen molar-refractivity contribution in [3.63, 3.8) is 0 Å². The molecule has 2 saturated heterocycles. The van der Waals surface area contributed by atoms with Gasteiger partial charge in [0.2, 0.25) is 11.8 Å². The van der Waals surface area contributed by atoms with Crippen LogP contribution in [0.25, 0.3) is 0 Å². The van der Waals surface area contributed by atoms with Gasteiger partial charge in [0.15, 0.2) is 0 Å². The highest BCUT2D eigenvalue weighted by molar-refractivity contribution is 7.89. The average molecular weight is 431 g/mol. The van der Waals surface area contributed by atoms with E-state index in [1.165, 1.54) is 18.2 Å². The highest BCUT2D eigenvalue weighted by Gasteiger charge is 2.45. The summed E-state index contributed by atoms with van der Waals surface area (Å²) in [4.78, 5) is 28.9. The van der Waals surface area contributed by atoms with Crippen molar-refractivity contribution >= 4 is 27.5 Å². The highest BCUT2D eigenvalue weighted by Crippen LogP contribution is 2.29. The third-order valence-electron chi connectivity index (χ3n) is 5.53. The number of para-hydroxylation sites is 1. The van der Waals surface area contributed by atoms with Gasteiger partial charge in [-0.05, 0) is 30.7 Å². The lowest BCUT2D eigenvalue weighted by Crippen LogP contribution is -2.55. The zero-order chi connectivity index (χ0) is 21.3. The van der Waals surface area contributed by atoms with Gasteiger partial charge in [-0.2, -0.15) is 0 Å². The van der Waals surface area contributed by atoms with Gasteiger partial charge in [-0.3, -0.25) is 9.59 Å². The van der Waals surface area contributed by atoms with Gasteiger partial charge in [-0.15, -0.1) is 0 Å². The summed E-state index contributed by atoms with van der Waals surface area (Å²) in [7, 11) is -4.10. The van der Waals surface area contributed by atoms with Crippen LogP contribution in [0.3, 0.4) is 0 Å². The van der Waals surface area contributed by atoms with E-state index >= 15 is 0 Å². The van der Waals surface area contributed by atoms with E-state index in [-0.39, 0.29) is 29.5 Å². The number of hydrogen-bond donors (Lipinski definition) is 0. The summed E-state index contributed by atoms with van der Waals surface area (Å²) in [6.45, 7) is 1.52. The van der Waals surface area contributed by atoms with Gasteiger partial charge >= 0.3 is 0 Å². The molecule has 9 heteroatoms. The molecule has 0 unspecified atom stereocenters. The minimum atomic E-state index is -4.10. The molecular formula is C21H22FN3O4S. The van der Waals surface area contributed by atoms with E-state index in [0.29, 0.717) is 31.9 Å². The molecule has 0 N–H and O–H groups in total. The van der Waals surface area contributed by atoms with Gasteiger partial charge in [0, 0.05) is 32.6 Å². The molecule has 158 valence electrons. The van der Waals surface area contributed by atoms with Crippen LogP contribution in [0.4, 0.5) is 10.1 Å². The Balaban J connectivity index is 1.49. The summed E-state index contributed by atoms with van der Waals surface area (Å²) < 4.78 is 40.8. The third-order valence-corrected chi connectivity index (χ3v) is 7.37. The Morgan fingerprint density at radius 1 is 0.933 bits per heavy atom. The lowest BCUT2D eigenvalue weighted by Gasteiger charge is -2.38. The van der Waals surface area contributed by atoms with Crippen molar-refractivity contribution < 1.29 is 22.4 Å². The number of carbonyl (C=O) groups is 2. The fourth-order valence-electron chi connectivity index (χ4n) is 3.98. The van der Waals surface area contributed by atoms with Gasteiger partial charge in [0.05, 0.1) is 10.6 Å². The third kappa shape index (κ3) is 3.65. The molecular weight excluding hydrogens is 409 g/mol. The minimum Gasteiger partial charge on any atom is -0.366 e. The number of sulfonamides is 1. The molecule has 2 amide bonds. The zero-order valence-electron chi connectivity index (χ0n) is 16.3. The number of nitrogens with zero attached hydrogens (tertiary/aromatic N) is 3. The highest BCUT2D eigenvalue weighted by atomic mass is 32.2. The topological polar surface area (TPSA) is 78.0 Å². The van der Waals surface area contributed by atoms with Gasteiger partial charge in [-0.1, -0.05) is 30.3 Å². The maximum absolute atomic E-state index is 14.0. The summed E-state index contributed by atoms with van der Waals surface area (Å²) in [6.07, 6.45) is 0.176. The lowest BCUT2D eigenvalue weighted by molar-refractivity contribution is -0.138. The Hall–Kier alpha value is -2.94. The number of benzene rings is 2. The Kier molecular flexibility index (Phi) is 5.46. The van der Waals surface area contributed by atoms with Gasteiger partial charge in [0.1, 0.15) is 11.9 Å². The number of hydrogen-bond acceptors (Lipinski definition) is 5. The van der Waals surface area contributed by atoms with Crippen LogP contribution in [0.5, 0.6) is 0 Å². The summed E-state index contributed by atoms with van der Waals surface area (Å²) in [6, 6.07) is 13.1. The summed E-state index contributed by atoms with van der Waals surface area (Å²) in [5.74, 6) is -1.27. The Morgan fingerprint density at radius 2 is 1.57 bits per heavy atom. The Morgan fingerprint density at radius 3 is 2.23 bits per heavy atom. The number of carbonyl (C=O) groups excluding carboxylic acids is 2. The second-order valence-corrected chi connectivity index (χ2v) is 9.14. The van der Waals surface area contributed by atoms with Crippen LogP contribution in [0, 0.1) is 5.82 Å². The van der Waals surface area contributed by atoms with E-state index < -0.39 is 22.0 Å². The molecule has 2 heterocycles. The quantitative estimate of drug-likeness (QED) is 0.739. The molecule has 30 heavy (non-hydrogen) atoms. The molecule has 2 aromatic rings. The van der Waals surface area contributed by atoms with Crippen molar-refractivity contribution in [2.24, 2.45) is 0 Å². The fraction of sp³-hybridized carbons (Fsp3) is 0.333. The Bertz CT molecular complexity index is 1050. The molecule has 0 aliphatic carbocycles. The van der Waals surface area contributed by atoms with Crippen molar-refractivity contribution in [2.45, 2.75) is 23.8 Å². The van der Waals surface area contributed by atoms with Crippen molar-refractivity contribution in [1.82, 2.24) is 9.21 Å². The Labute approximate surface area is 174 Å². The maximum atomic E-state index is 14.0. The molecule has 2 fully saturated rings. The maximum Gasteiger partial charge on any atom is 0.267 e. The van der Waals surface area contributed by atoms with E-state index in [1.807, 2.05) is 4.90 Å². The molecule has 1 atom stereocenters. The van der Waals surface area contributed by atoms with Crippen molar-refractivity contribution in [3.8, 4) is 0 Å². The molecule has 0 spiro atoms. The molecule has 2 aliphatic rings. The van der Waals surface area contributed by atoms with Crippen LogP contribution in [-0.4, -0.2) is 61.7 Å². The predicted octanol–water partition coefficient (Wildman–Crippen LogP) is 1.85. The van der Waals surface area contributed by atoms with Crippen LogP contribution in [-0.2, 0) is 19.6 Å². The number of rotatable bonds is 4. The van der Waals surface area contributed by atoms with Crippen LogP contribution >= 0.6 is 0 Å². The average Bonchev–Trinajstić information content (AvgIpc) is 3.16. The predicted molar refractivity (Wildman–Crippen MR) is 109 cm³/mol. The molecule has 0 saturated carbocycles. The first kappa shape index (κ1) is 20.3. The largest absolute Gasteiger partial charge is 0.366 e. The van der Waals surface area contributed by atoms with Crippen LogP contribution in [0.1, 0.15) is 12.8 Å². The summed E-state index contributed by atoms with van der Waals surface area (Å²) in [5, 5.41) is 0. The first-order chi connectivity index (χ1) is 14.4. The molecule has 0 radical (unpaired) electrons. The SMILES string of the molecule is O=C([C@H]1CCC(=O)N1S(=O)(=O)c1ccccc1)N1CCN(c2ccccc2F)CC1. The van der Waals surface area contributed by atoms with E-state index in [2.05, 4.69) is 0 Å². The van der Waals surface area contributed by atoms with Crippen LogP contribution in [0.15, 0.2) is 59.5 Å². The first-order valence-electron chi connectivity index (χ1n) is 9.80. The molecule has 2 aromatic carbocycles. The summed E-state index contributed by atoms with van der Waals surface area (Å²) >= 11 is 0.